The van der Waals surface area contributed by atoms with Gasteiger partial charge < -0.3 is 20.3 Å². The number of allylic oxidation sites excluding steroid dienone is 1. The number of anilines is 1. The highest BCUT2D eigenvalue weighted by Crippen LogP contribution is 2.32. The van der Waals surface area contributed by atoms with Gasteiger partial charge in [-0.3, -0.25) is 4.79 Å². The van der Waals surface area contributed by atoms with Gasteiger partial charge in [0.05, 0.1) is 18.7 Å². The Labute approximate surface area is 172 Å². The number of hydrogen-bond donors (Lipinski definition) is 2. The van der Waals surface area contributed by atoms with Crippen LogP contribution in [0, 0.1) is 5.41 Å². The molecule has 0 spiro atoms. The molecule has 0 aliphatic carbocycles. The largest absolute Gasteiger partial charge is 0.466 e. The van der Waals surface area contributed by atoms with E-state index in [-0.39, 0.29) is 11.3 Å². The summed E-state index contributed by atoms with van der Waals surface area (Å²) in [5, 5.41) is 6.73. The highest BCUT2D eigenvalue weighted by molar-refractivity contribution is 7.80. The van der Waals surface area contributed by atoms with Crippen LogP contribution >= 0.6 is 12.2 Å². The van der Waals surface area contributed by atoms with E-state index in [1.807, 2.05) is 63.8 Å². The molecular weight excluding hydrogens is 374 g/mol. The van der Waals surface area contributed by atoms with Gasteiger partial charge in [-0.15, -0.1) is 0 Å². The number of amides is 1. The Kier molecular flexibility index (Phi) is 6.82. The minimum atomic E-state index is -0.442. The molecule has 1 heterocycles. The number of carbonyl (C=O) groups is 2. The second-order valence-corrected chi connectivity index (χ2v) is 8.42. The van der Waals surface area contributed by atoms with E-state index in [0.29, 0.717) is 29.3 Å². The van der Waals surface area contributed by atoms with Gasteiger partial charge in [-0.25, -0.2) is 4.79 Å². The van der Waals surface area contributed by atoms with Gasteiger partial charge >= 0.3 is 5.97 Å². The quantitative estimate of drug-likeness (QED) is 0.576. The summed E-state index contributed by atoms with van der Waals surface area (Å²) in [6.45, 7) is 10.5. The first-order valence-corrected chi connectivity index (χ1v) is 9.75. The van der Waals surface area contributed by atoms with Gasteiger partial charge in [-0.05, 0) is 49.2 Å². The van der Waals surface area contributed by atoms with E-state index in [1.165, 1.54) is 7.11 Å². The van der Waals surface area contributed by atoms with Gasteiger partial charge in [0.25, 0.3) is 0 Å². The molecule has 0 bridgehead atoms. The van der Waals surface area contributed by atoms with Crippen LogP contribution in [0.4, 0.5) is 5.69 Å². The van der Waals surface area contributed by atoms with Crippen molar-refractivity contribution in [3.8, 4) is 0 Å². The Hall–Kier alpha value is -2.41. The number of carbonyl (C=O) groups excluding carboxylic acids is 2. The van der Waals surface area contributed by atoms with Gasteiger partial charge in [0.15, 0.2) is 5.11 Å². The number of thiocarbonyl (C=S) groups is 1. The lowest BCUT2D eigenvalue weighted by Gasteiger charge is -2.37. The molecule has 1 aliphatic rings. The number of nitrogens with one attached hydrogen (secondary N) is 2. The van der Waals surface area contributed by atoms with E-state index in [9.17, 15) is 9.59 Å². The normalized spacial score (nSPS) is 17.3. The number of esters is 1. The van der Waals surface area contributed by atoms with Crippen molar-refractivity contribution in [1.29, 1.82) is 0 Å². The van der Waals surface area contributed by atoms with Crippen LogP contribution in [-0.2, 0) is 14.3 Å². The van der Waals surface area contributed by atoms with E-state index in [0.717, 1.165) is 11.3 Å². The maximum absolute atomic E-state index is 12.5. The first-order chi connectivity index (χ1) is 13.1. The van der Waals surface area contributed by atoms with Crippen molar-refractivity contribution >= 4 is 34.9 Å². The van der Waals surface area contributed by atoms with Crippen LogP contribution < -0.4 is 10.6 Å². The van der Waals surface area contributed by atoms with E-state index >= 15 is 0 Å². The molecule has 1 amide bonds. The Morgan fingerprint density at radius 3 is 2.57 bits per heavy atom. The molecule has 0 saturated heterocycles. The zero-order valence-corrected chi connectivity index (χ0v) is 18.2. The SMILES string of the molecule is CCN1C(=S)N[C@H](c2cccc(NC(=O)CC(C)(C)C)c2)C(C(=O)OC)=C1C. The molecule has 28 heavy (non-hydrogen) atoms. The molecule has 152 valence electrons. The number of nitrogens with zero attached hydrogens (tertiary/aromatic N) is 1. The lowest BCUT2D eigenvalue weighted by Crippen LogP contribution is -2.47. The molecule has 1 aliphatic heterocycles. The first kappa shape index (κ1) is 21.9. The Morgan fingerprint density at radius 1 is 1.32 bits per heavy atom. The molecule has 1 atom stereocenters. The molecule has 2 N–H and O–H groups in total. The molecular formula is C21H29N3O3S. The van der Waals surface area contributed by atoms with E-state index < -0.39 is 12.0 Å². The van der Waals surface area contributed by atoms with Crippen molar-refractivity contribution < 1.29 is 14.3 Å². The molecule has 0 saturated carbocycles. The van der Waals surface area contributed by atoms with Crippen molar-refractivity contribution in [3.05, 3.63) is 41.1 Å². The third-order valence-corrected chi connectivity index (χ3v) is 4.85. The molecule has 0 aromatic heterocycles. The van der Waals surface area contributed by atoms with E-state index in [1.54, 1.807) is 0 Å². The summed E-state index contributed by atoms with van der Waals surface area (Å²) in [5.74, 6) is -0.452. The summed E-state index contributed by atoms with van der Waals surface area (Å²) < 4.78 is 5.01. The molecule has 1 aromatic carbocycles. The van der Waals surface area contributed by atoms with Crippen LogP contribution in [0.25, 0.3) is 0 Å². The lowest BCUT2D eigenvalue weighted by molar-refractivity contribution is -0.136. The second kappa shape index (κ2) is 8.73. The number of benzene rings is 1. The number of ether oxygens (including phenoxy) is 1. The number of methoxy groups -OCH3 is 1. The van der Waals surface area contributed by atoms with Crippen LogP contribution in [0.15, 0.2) is 35.5 Å². The van der Waals surface area contributed by atoms with E-state index in [4.69, 9.17) is 17.0 Å². The van der Waals surface area contributed by atoms with E-state index in [2.05, 4.69) is 10.6 Å². The summed E-state index contributed by atoms with van der Waals surface area (Å²) in [6, 6.07) is 7.00. The smallest absolute Gasteiger partial charge is 0.337 e. The number of rotatable bonds is 5. The Balaban J connectivity index is 2.37. The molecule has 1 aromatic rings. The molecule has 0 unspecified atom stereocenters. The average Bonchev–Trinajstić information content (AvgIpc) is 2.59. The minimum Gasteiger partial charge on any atom is -0.466 e. The standard InChI is InChI=1S/C21H29N3O3S/c1-7-24-13(2)17(19(26)27-6)18(23-20(24)28)14-9-8-10-15(11-14)22-16(25)12-21(3,4)5/h8-11,18H,7,12H2,1-6H3,(H,22,25)(H,23,28)/t18-/m1/s1. The van der Waals surface area contributed by atoms with Crippen LogP contribution in [0.2, 0.25) is 0 Å². The van der Waals surface area contributed by atoms with Gasteiger partial charge in [0, 0.05) is 24.4 Å². The maximum Gasteiger partial charge on any atom is 0.337 e. The fourth-order valence-corrected chi connectivity index (χ4v) is 3.65. The number of hydrogen-bond acceptors (Lipinski definition) is 4. The maximum atomic E-state index is 12.5. The molecule has 2 rings (SSSR count). The van der Waals surface area contributed by atoms with Gasteiger partial charge in [0.1, 0.15) is 0 Å². The van der Waals surface area contributed by atoms with Crippen molar-refractivity contribution in [2.75, 3.05) is 19.0 Å². The van der Waals surface area contributed by atoms with Gasteiger partial charge in [-0.1, -0.05) is 32.9 Å². The highest BCUT2D eigenvalue weighted by atomic mass is 32.1. The van der Waals surface area contributed by atoms with Gasteiger partial charge in [-0.2, -0.15) is 0 Å². The van der Waals surface area contributed by atoms with Crippen molar-refractivity contribution in [2.45, 2.75) is 47.1 Å². The zero-order chi connectivity index (χ0) is 21.1. The van der Waals surface area contributed by atoms with Crippen LogP contribution in [0.1, 0.15) is 52.6 Å². The summed E-state index contributed by atoms with van der Waals surface area (Å²) in [4.78, 5) is 26.6. The average molecular weight is 404 g/mol. The monoisotopic (exact) mass is 403 g/mol. The molecule has 6 nitrogen and oxygen atoms in total. The zero-order valence-electron chi connectivity index (χ0n) is 17.4. The third kappa shape index (κ3) is 5.10. The van der Waals surface area contributed by atoms with Crippen LogP contribution in [-0.4, -0.2) is 35.5 Å². The summed E-state index contributed by atoms with van der Waals surface area (Å²) in [6.07, 6.45) is 0.418. The summed E-state index contributed by atoms with van der Waals surface area (Å²) >= 11 is 5.48. The second-order valence-electron chi connectivity index (χ2n) is 8.03. The van der Waals surface area contributed by atoms with Crippen molar-refractivity contribution in [2.24, 2.45) is 5.41 Å². The fourth-order valence-electron chi connectivity index (χ4n) is 3.27. The molecule has 0 fully saturated rings. The topological polar surface area (TPSA) is 70.7 Å². The first-order valence-electron chi connectivity index (χ1n) is 9.34. The Bertz CT molecular complexity index is 811. The lowest BCUT2D eigenvalue weighted by atomic mass is 9.92. The minimum absolute atomic E-state index is 0.0474. The van der Waals surface area contributed by atoms with Crippen molar-refractivity contribution in [1.82, 2.24) is 10.2 Å². The Morgan fingerprint density at radius 2 is 2.00 bits per heavy atom. The molecule has 0 radical (unpaired) electrons. The van der Waals surface area contributed by atoms with Crippen LogP contribution in [0.3, 0.4) is 0 Å². The molecule has 7 heteroatoms. The van der Waals surface area contributed by atoms with Crippen molar-refractivity contribution in [3.63, 3.8) is 0 Å². The summed E-state index contributed by atoms with van der Waals surface area (Å²) in [7, 11) is 1.37. The van der Waals surface area contributed by atoms with Gasteiger partial charge in [0.2, 0.25) is 5.91 Å². The predicted molar refractivity (Wildman–Crippen MR) is 115 cm³/mol. The third-order valence-electron chi connectivity index (χ3n) is 4.51. The summed E-state index contributed by atoms with van der Waals surface area (Å²) in [5.41, 5.74) is 2.69. The van der Waals surface area contributed by atoms with Crippen LogP contribution in [0.5, 0.6) is 0 Å². The fraction of sp³-hybridized carbons (Fsp3) is 0.476. The highest BCUT2D eigenvalue weighted by Gasteiger charge is 2.34. The predicted octanol–water partition coefficient (Wildman–Crippen LogP) is 3.76.